The highest BCUT2D eigenvalue weighted by Gasteiger charge is 2.15. The number of hydrogen-bond acceptors (Lipinski definition) is 6. The van der Waals surface area contributed by atoms with Gasteiger partial charge in [0.05, 0.1) is 17.9 Å². The summed E-state index contributed by atoms with van der Waals surface area (Å²) in [7, 11) is 0. The number of hydrogen-bond donors (Lipinski definition) is 2. The fourth-order valence-electron chi connectivity index (χ4n) is 3.00. The van der Waals surface area contributed by atoms with Gasteiger partial charge in [0.1, 0.15) is 5.69 Å². The van der Waals surface area contributed by atoms with Gasteiger partial charge in [0.15, 0.2) is 5.78 Å². The van der Waals surface area contributed by atoms with Crippen molar-refractivity contribution in [3.8, 4) is 11.1 Å². The average molecular weight is 403 g/mol. The summed E-state index contributed by atoms with van der Waals surface area (Å²) in [5.41, 5.74) is 4.49. The molecule has 3 aromatic rings. The van der Waals surface area contributed by atoms with E-state index in [0.717, 1.165) is 23.2 Å². The number of carbonyl (C=O) groups excluding carboxylic acids is 2. The molecule has 0 saturated heterocycles. The van der Waals surface area contributed by atoms with Gasteiger partial charge < -0.3 is 10.6 Å². The highest BCUT2D eigenvalue weighted by molar-refractivity contribution is 6.04. The van der Waals surface area contributed by atoms with Crippen molar-refractivity contribution in [3.63, 3.8) is 0 Å². The van der Waals surface area contributed by atoms with Crippen LogP contribution in [0.2, 0.25) is 0 Å². The normalized spacial score (nSPS) is 10.6. The number of nitrogens with one attached hydrogen (secondary N) is 2. The van der Waals surface area contributed by atoms with Gasteiger partial charge in [-0.2, -0.15) is 10.2 Å². The number of benzene rings is 1. The van der Waals surface area contributed by atoms with Crippen LogP contribution in [0.5, 0.6) is 0 Å². The smallest absolute Gasteiger partial charge is 0.238 e. The van der Waals surface area contributed by atoms with E-state index in [0.29, 0.717) is 18.7 Å². The molecule has 2 heterocycles. The van der Waals surface area contributed by atoms with Gasteiger partial charge in [-0.25, -0.2) is 0 Å². The van der Waals surface area contributed by atoms with Gasteiger partial charge in [0.25, 0.3) is 0 Å². The Morgan fingerprint density at radius 1 is 1.03 bits per heavy atom. The number of carbonyl (C=O) groups is 2. The molecule has 3 rings (SSSR count). The van der Waals surface area contributed by atoms with Crippen molar-refractivity contribution < 1.29 is 9.59 Å². The Morgan fingerprint density at radius 2 is 1.90 bits per heavy atom. The standard InChI is InChI=1S/C23H25N5O2/c1-3-16-7-5-8-17(11-16)18-12-20(23(25-13-18)21(29)4-2)27-22(30)15-24-14-19-9-6-10-26-28-19/h5-13,24H,3-4,14-15H2,1-2H3,(H,27,30). The largest absolute Gasteiger partial charge is 0.323 e. The predicted molar refractivity (Wildman–Crippen MR) is 116 cm³/mol. The van der Waals surface area contributed by atoms with E-state index in [2.05, 4.69) is 44.9 Å². The Labute approximate surface area is 176 Å². The molecule has 7 heteroatoms. The van der Waals surface area contributed by atoms with Gasteiger partial charge in [-0.15, -0.1) is 0 Å². The minimum Gasteiger partial charge on any atom is -0.323 e. The SMILES string of the molecule is CCC(=O)c1ncc(-c2cccc(CC)c2)cc1NC(=O)CNCc1cccnn1. The van der Waals surface area contributed by atoms with Crippen LogP contribution in [0.3, 0.4) is 0 Å². The maximum Gasteiger partial charge on any atom is 0.238 e. The molecule has 0 fully saturated rings. The number of Topliss-reactive ketones (excluding diaryl/α,β-unsaturated/α-hetero) is 1. The zero-order valence-corrected chi connectivity index (χ0v) is 17.2. The van der Waals surface area contributed by atoms with Crippen LogP contribution in [0.15, 0.2) is 54.9 Å². The first-order valence-corrected chi connectivity index (χ1v) is 10.0. The van der Waals surface area contributed by atoms with Crippen molar-refractivity contribution in [2.45, 2.75) is 33.2 Å². The summed E-state index contributed by atoms with van der Waals surface area (Å²) < 4.78 is 0. The first-order valence-electron chi connectivity index (χ1n) is 10.0. The minimum atomic E-state index is -0.259. The van der Waals surface area contributed by atoms with E-state index in [1.54, 1.807) is 25.4 Å². The van der Waals surface area contributed by atoms with Gasteiger partial charge in [-0.1, -0.05) is 38.1 Å². The second-order valence-electron chi connectivity index (χ2n) is 6.82. The van der Waals surface area contributed by atoms with Crippen molar-refractivity contribution >= 4 is 17.4 Å². The van der Waals surface area contributed by atoms with E-state index in [4.69, 9.17) is 0 Å². The lowest BCUT2D eigenvalue weighted by Gasteiger charge is -2.12. The molecule has 154 valence electrons. The lowest BCUT2D eigenvalue weighted by molar-refractivity contribution is -0.115. The molecule has 30 heavy (non-hydrogen) atoms. The molecule has 2 aromatic heterocycles. The highest BCUT2D eigenvalue weighted by Crippen LogP contribution is 2.26. The topological polar surface area (TPSA) is 96.9 Å². The van der Waals surface area contributed by atoms with E-state index >= 15 is 0 Å². The second-order valence-corrected chi connectivity index (χ2v) is 6.82. The fraction of sp³-hybridized carbons (Fsp3) is 0.261. The van der Waals surface area contributed by atoms with Crippen molar-refractivity contribution in [3.05, 3.63) is 71.8 Å². The van der Waals surface area contributed by atoms with Gasteiger partial charge in [0.2, 0.25) is 5.91 Å². The molecule has 7 nitrogen and oxygen atoms in total. The lowest BCUT2D eigenvalue weighted by atomic mass is 10.0. The monoisotopic (exact) mass is 403 g/mol. The maximum absolute atomic E-state index is 12.5. The van der Waals surface area contributed by atoms with Crippen LogP contribution in [-0.4, -0.2) is 33.4 Å². The zero-order valence-electron chi connectivity index (χ0n) is 17.2. The van der Waals surface area contributed by atoms with E-state index in [1.165, 1.54) is 5.56 Å². The third kappa shape index (κ3) is 5.55. The highest BCUT2D eigenvalue weighted by atomic mass is 16.2. The number of aromatic nitrogens is 3. The van der Waals surface area contributed by atoms with E-state index < -0.39 is 0 Å². The number of rotatable bonds is 9. The summed E-state index contributed by atoms with van der Waals surface area (Å²) in [6, 6.07) is 13.6. The fourth-order valence-corrected chi connectivity index (χ4v) is 3.00. The van der Waals surface area contributed by atoms with Crippen LogP contribution in [0.1, 0.15) is 42.0 Å². The molecular formula is C23H25N5O2. The summed E-state index contributed by atoms with van der Waals surface area (Å²) >= 11 is 0. The van der Waals surface area contributed by atoms with Crippen LogP contribution in [-0.2, 0) is 17.8 Å². The summed E-state index contributed by atoms with van der Waals surface area (Å²) in [5.74, 6) is -0.378. The number of nitrogens with zero attached hydrogens (tertiary/aromatic N) is 3. The van der Waals surface area contributed by atoms with Crippen LogP contribution < -0.4 is 10.6 Å². The molecule has 2 N–H and O–H groups in total. The Balaban J connectivity index is 1.76. The number of amides is 1. The first-order chi connectivity index (χ1) is 14.6. The molecule has 1 amide bonds. The Bertz CT molecular complexity index is 1020. The van der Waals surface area contributed by atoms with Crippen LogP contribution in [0, 0.1) is 0 Å². The Morgan fingerprint density at radius 3 is 2.63 bits per heavy atom. The molecule has 0 bridgehead atoms. The quantitative estimate of drug-likeness (QED) is 0.532. The van der Waals surface area contributed by atoms with Gasteiger partial charge in [-0.05, 0) is 35.7 Å². The molecule has 0 radical (unpaired) electrons. The molecule has 0 spiro atoms. The summed E-state index contributed by atoms with van der Waals surface area (Å²) in [4.78, 5) is 29.1. The molecule has 0 unspecified atom stereocenters. The Hall–Kier alpha value is -3.45. The van der Waals surface area contributed by atoms with Crippen LogP contribution in [0.25, 0.3) is 11.1 Å². The molecule has 0 atom stereocenters. The minimum absolute atomic E-state index is 0.0753. The van der Waals surface area contributed by atoms with E-state index in [1.807, 2.05) is 24.3 Å². The van der Waals surface area contributed by atoms with Crippen LogP contribution >= 0.6 is 0 Å². The zero-order chi connectivity index (χ0) is 21.3. The van der Waals surface area contributed by atoms with Gasteiger partial charge >= 0.3 is 0 Å². The summed E-state index contributed by atoms with van der Waals surface area (Å²) in [6.45, 7) is 4.37. The predicted octanol–water partition coefficient (Wildman–Crippen LogP) is 3.42. The number of ketones is 1. The maximum atomic E-state index is 12.5. The summed E-state index contributed by atoms with van der Waals surface area (Å²) in [6.07, 6.45) is 4.51. The first kappa shape index (κ1) is 21.3. The average Bonchev–Trinajstić information content (AvgIpc) is 2.79. The van der Waals surface area contributed by atoms with E-state index in [-0.39, 0.29) is 23.9 Å². The van der Waals surface area contributed by atoms with Crippen molar-refractivity contribution in [1.82, 2.24) is 20.5 Å². The van der Waals surface area contributed by atoms with Crippen molar-refractivity contribution in [2.24, 2.45) is 0 Å². The van der Waals surface area contributed by atoms with Gasteiger partial charge in [-0.3, -0.25) is 14.6 Å². The lowest BCUT2D eigenvalue weighted by Crippen LogP contribution is -2.28. The number of anilines is 1. The number of aryl methyl sites for hydroxylation is 1. The summed E-state index contributed by atoms with van der Waals surface area (Å²) in [5, 5.41) is 13.6. The van der Waals surface area contributed by atoms with Gasteiger partial charge in [0, 0.05) is 30.9 Å². The van der Waals surface area contributed by atoms with Crippen molar-refractivity contribution in [1.29, 1.82) is 0 Å². The van der Waals surface area contributed by atoms with Crippen LogP contribution in [0.4, 0.5) is 5.69 Å². The molecule has 0 aliphatic rings. The van der Waals surface area contributed by atoms with E-state index in [9.17, 15) is 9.59 Å². The molecule has 0 aliphatic heterocycles. The third-order valence-electron chi connectivity index (χ3n) is 4.63. The van der Waals surface area contributed by atoms with Crippen molar-refractivity contribution in [2.75, 3.05) is 11.9 Å². The molecule has 1 aromatic carbocycles. The third-order valence-corrected chi connectivity index (χ3v) is 4.63. The molecular weight excluding hydrogens is 378 g/mol. The Kier molecular flexibility index (Phi) is 7.34. The second kappa shape index (κ2) is 10.4. The number of pyridine rings is 1. The molecule has 0 saturated carbocycles. The molecule has 0 aliphatic carbocycles.